The van der Waals surface area contributed by atoms with Crippen LogP contribution in [0.3, 0.4) is 0 Å². The highest BCUT2D eigenvalue weighted by atomic mass is 31.2. The van der Waals surface area contributed by atoms with Crippen LogP contribution in [0, 0.1) is 0 Å². The fourth-order valence-electron chi connectivity index (χ4n) is 6.51. The van der Waals surface area contributed by atoms with Crippen molar-refractivity contribution in [2.75, 3.05) is 44.5 Å². The van der Waals surface area contributed by atoms with Crippen LogP contribution in [-0.4, -0.2) is 102 Å². The zero-order valence-corrected chi connectivity index (χ0v) is 33.0. The molecule has 0 bridgehead atoms. The number of fused-ring (bicyclic) bond motifs is 3. The predicted octanol–water partition coefficient (Wildman–Crippen LogP) is 4.63. The van der Waals surface area contributed by atoms with Crippen molar-refractivity contribution in [3.8, 4) is 23.3 Å². The van der Waals surface area contributed by atoms with Crippen LogP contribution < -0.4 is 30.0 Å². The van der Waals surface area contributed by atoms with Gasteiger partial charge in [0.15, 0.2) is 40.5 Å². The van der Waals surface area contributed by atoms with Gasteiger partial charge in [-0.15, -0.1) is 0 Å². The van der Waals surface area contributed by atoms with E-state index in [4.69, 9.17) is 57.6 Å². The molecule has 1 aromatic carbocycles. The molecule has 0 saturated carbocycles. The smallest absolute Gasteiger partial charge is 0.476 e. The minimum absolute atomic E-state index is 0.0163. The number of hydrogen-bond donors (Lipinski definition) is 2. The van der Waals surface area contributed by atoms with Crippen molar-refractivity contribution in [2.24, 2.45) is 0 Å². The number of anilines is 2. The third-order valence-corrected chi connectivity index (χ3v) is 11.8. The Labute approximate surface area is 327 Å². The second kappa shape index (κ2) is 15.4. The van der Waals surface area contributed by atoms with E-state index >= 15 is 4.39 Å². The van der Waals surface area contributed by atoms with Gasteiger partial charge in [0, 0.05) is 0 Å². The molecule has 26 heteroatoms. The van der Waals surface area contributed by atoms with Crippen molar-refractivity contribution in [3.63, 3.8) is 0 Å². The van der Waals surface area contributed by atoms with E-state index in [2.05, 4.69) is 29.9 Å². The first-order valence-electron chi connectivity index (χ1n) is 17.9. The van der Waals surface area contributed by atoms with Crippen LogP contribution in [0.25, 0.3) is 22.3 Å². The van der Waals surface area contributed by atoms with Gasteiger partial charge >= 0.3 is 15.6 Å². The summed E-state index contributed by atoms with van der Waals surface area (Å²) in [5, 5.41) is 0. The van der Waals surface area contributed by atoms with Gasteiger partial charge < -0.3 is 39.5 Å². The zero-order valence-electron chi connectivity index (χ0n) is 31.2. The number of benzene rings is 1. The Bertz CT molecular complexity index is 2390. The van der Waals surface area contributed by atoms with Crippen LogP contribution in [0.2, 0.25) is 0 Å². The molecule has 5 aromatic rings. The van der Waals surface area contributed by atoms with Crippen molar-refractivity contribution in [1.82, 2.24) is 39.0 Å². The maximum atomic E-state index is 16.6. The molecule has 312 valence electrons. The molecule has 4 N–H and O–H groups in total. The molecule has 7 atom stereocenters. The molecule has 8 rings (SSSR count). The molecule has 7 heterocycles. The second-order valence-electron chi connectivity index (χ2n) is 13.3. The van der Waals surface area contributed by atoms with E-state index in [9.17, 15) is 13.5 Å². The molecule has 7 unspecified atom stereocenters. The summed E-state index contributed by atoms with van der Waals surface area (Å²) in [6.07, 6.45) is -4.80. The number of nitrogen functional groups attached to an aromatic ring is 2. The van der Waals surface area contributed by atoms with Gasteiger partial charge in [-0.2, -0.15) is 19.9 Å². The number of ether oxygens (including phenoxy) is 4. The van der Waals surface area contributed by atoms with Gasteiger partial charge in [-0.25, -0.2) is 27.9 Å². The quantitative estimate of drug-likeness (QED) is 0.153. The number of phosphoric acid groups is 2. The SMILES string of the molecule is CCOc1nc(N)nc2c1ncn2C(OC1COP(=O)(Oc2ccc(OP3(=O)OCC4OC(n5cnc6c(OCC)nc(N)nc65)C(C)(F)C4O3)cc2)OC1)C(C)F. The minimum atomic E-state index is -4.41. The van der Waals surface area contributed by atoms with E-state index in [0.29, 0.717) is 0 Å². The lowest BCUT2D eigenvalue weighted by Gasteiger charge is -2.33. The molecular weight excluding hydrogens is 816 g/mol. The molecule has 3 aliphatic rings. The summed E-state index contributed by atoms with van der Waals surface area (Å²) < 4.78 is 117. The van der Waals surface area contributed by atoms with E-state index in [0.717, 1.165) is 0 Å². The van der Waals surface area contributed by atoms with Crippen LogP contribution in [0.15, 0.2) is 36.9 Å². The van der Waals surface area contributed by atoms with Crippen LogP contribution >= 0.6 is 15.6 Å². The molecular formula is C32H38F2N10O12P2. The molecule has 3 fully saturated rings. The molecule has 0 amide bonds. The van der Waals surface area contributed by atoms with Crippen LogP contribution in [-0.2, 0) is 36.7 Å². The molecule has 3 aliphatic heterocycles. The summed E-state index contributed by atoms with van der Waals surface area (Å²) in [6, 6.07) is 5.32. The van der Waals surface area contributed by atoms with Gasteiger partial charge in [0.2, 0.25) is 23.7 Å². The van der Waals surface area contributed by atoms with Crippen LogP contribution in [0.5, 0.6) is 23.3 Å². The fraction of sp³-hybridized carbons (Fsp3) is 0.500. The normalized spacial score (nSPS) is 29.6. The van der Waals surface area contributed by atoms with E-state index in [1.54, 1.807) is 13.8 Å². The van der Waals surface area contributed by atoms with Crippen molar-refractivity contribution in [2.45, 2.75) is 70.3 Å². The average molecular weight is 855 g/mol. The fourth-order valence-corrected chi connectivity index (χ4v) is 9.26. The van der Waals surface area contributed by atoms with Gasteiger partial charge in [-0.1, -0.05) is 0 Å². The third kappa shape index (κ3) is 7.61. The number of phosphoric ester groups is 2. The van der Waals surface area contributed by atoms with E-state index in [-0.39, 0.29) is 90.5 Å². The number of nitrogens with two attached hydrogens (primary N) is 2. The van der Waals surface area contributed by atoms with Crippen molar-refractivity contribution in [3.05, 3.63) is 36.9 Å². The number of aromatic nitrogens is 8. The lowest BCUT2D eigenvalue weighted by molar-refractivity contribution is -0.129. The number of alkyl halides is 2. The first-order valence-corrected chi connectivity index (χ1v) is 20.8. The lowest BCUT2D eigenvalue weighted by Crippen LogP contribution is -2.45. The summed E-state index contributed by atoms with van der Waals surface area (Å²) in [7, 11) is -8.59. The largest absolute Gasteiger partial charge is 0.530 e. The monoisotopic (exact) mass is 854 g/mol. The molecule has 0 radical (unpaired) electrons. The third-order valence-electron chi connectivity index (χ3n) is 9.04. The van der Waals surface area contributed by atoms with Gasteiger partial charge in [0.1, 0.15) is 36.0 Å². The Morgan fingerprint density at radius 3 is 2.02 bits per heavy atom. The second-order valence-corrected chi connectivity index (χ2v) is 16.4. The first kappa shape index (κ1) is 40.0. The highest BCUT2D eigenvalue weighted by molar-refractivity contribution is 7.49. The van der Waals surface area contributed by atoms with Crippen molar-refractivity contribution >= 4 is 49.9 Å². The Hall–Kier alpha value is -4.80. The topological polar surface area (TPSA) is 266 Å². The van der Waals surface area contributed by atoms with E-state index in [1.807, 2.05) is 0 Å². The Morgan fingerprint density at radius 1 is 0.862 bits per heavy atom. The molecule has 0 spiro atoms. The van der Waals surface area contributed by atoms with E-state index in [1.165, 1.54) is 59.9 Å². The highest BCUT2D eigenvalue weighted by Gasteiger charge is 2.62. The van der Waals surface area contributed by atoms with Gasteiger partial charge in [-0.3, -0.25) is 27.2 Å². The molecule has 0 aliphatic carbocycles. The summed E-state index contributed by atoms with van der Waals surface area (Å²) >= 11 is 0. The molecule has 22 nitrogen and oxygen atoms in total. The van der Waals surface area contributed by atoms with Crippen molar-refractivity contribution in [1.29, 1.82) is 0 Å². The van der Waals surface area contributed by atoms with Crippen molar-refractivity contribution < 1.29 is 64.0 Å². The summed E-state index contributed by atoms with van der Waals surface area (Å²) in [4.78, 5) is 25.0. The molecule has 4 aromatic heterocycles. The predicted molar refractivity (Wildman–Crippen MR) is 195 cm³/mol. The standard InChI is InChI=1S/C32H38F2N10O12P2/c1-5-47-26-21-24(39-30(35)41-26)43(14-37-21)28(16(3)33)52-19-11-49-57(45,50-12-19)54-17-7-9-18(10-8-17)55-58(46)51-13-20-23(56-58)32(4,34)29(53-20)44-15-38-22-25(44)40-31(36)42-27(22)48-6-2/h7-10,14-16,19-20,23,28-29H,5-6,11-13H2,1-4H3,(H2,35,39,41)(H2,36,40,42). The molecule has 3 saturated heterocycles. The Morgan fingerprint density at radius 2 is 1.41 bits per heavy atom. The number of nitrogens with zero attached hydrogens (tertiary/aromatic N) is 8. The Balaban J connectivity index is 0.882. The maximum Gasteiger partial charge on any atom is 0.530 e. The summed E-state index contributed by atoms with van der Waals surface area (Å²) in [5.74, 6) is 0.0419. The van der Waals surface area contributed by atoms with Gasteiger partial charge in [-0.05, 0) is 52.0 Å². The zero-order chi connectivity index (χ0) is 41.0. The number of halogens is 2. The van der Waals surface area contributed by atoms with Crippen LogP contribution in [0.1, 0.15) is 40.2 Å². The highest BCUT2D eigenvalue weighted by Crippen LogP contribution is 2.60. The number of hydrogen-bond acceptors (Lipinski definition) is 20. The first-order chi connectivity index (χ1) is 27.7. The van der Waals surface area contributed by atoms with Crippen LogP contribution in [0.4, 0.5) is 20.7 Å². The number of imidazole rings is 2. The Kier molecular flexibility index (Phi) is 10.6. The average Bonchev–Trinajstić information content (AvgIpc) is 3.86. The summed E-state index contributed by atoms with van der Waals surface area (Å²) in [5.41, 5.74) is 10.3. The number of rotatable bonds is 13. The minimum Gasteiger partial charge on any atom is -0.476 e. The summed E-state index contributed by atoms with van der Waals surface area (Å²) in [6.45, 7) is 5.67. The van der Waals surface area contributed by atoms with Gasteiger partial charge in [0.25, 0.3) is 0 Å². The maximum absolute atomic E-state index is 16.6. The van der Waals surface area contributed by atoms with E-state index < -0.39 is 58.3 Å². The lowest BCUT2D eigenvalue weighted by atomic mass is 9.98. The molecule has 58 heavy (non-hydrogen) atoms. The van der Waals surface area contributed by atoms with Gasteiger partial charge in [0.05, 0.1) is 45.7 Å².